The van der Waals surface area contributed by atoms with Crippen molar-refractivity contribution in [1.82, 2.24) is 20.5 Å². The Morgan fingerprint density at radius 3 is 2.45 bits per heavy atom. The van der Waals surface area contributed by atoms with E-state index >= 15 is 0 Å². The van der Waals surface area contributed by atoms with E-state index in [1.54, 1.807) is 26.8 Å². The van der Waals surface area contributed by atoms with Crippen molar-refractivity contribution in [2.75, 3.05) is 26.7 Å². The lowest BCUT2D eigenvalue weighted by molar-refractivity contribution is -0.112. The number of likely N-dealkylation sites (tertiary alicyclic amines) is 1. The summed E-state index contributed by atoms with van der Waals surface area (Å²) in [5.74, 6) is -5.19. The molecule has 1 aliphatic heterocycles. The first-order valence-electron chi connectivity index (χ1n) is 12.7. The molecule has 10 heteroatoms. The Kier molecular flexibility index (Phi) is 9.06. The summed E-state index contributed by atoms with van der Waals surface area (Å²) in [5, 5.41) is 5.22. The average Bonchev–Trinajstić information content (AvgIpc) is 2.87. The molecule has 0 radical (unpaired) electrons. The van der Waals surface area contributed by atoms with Crippen LogP contribution >= 0.6 is 0 Å². The van der Waals surface area contributed by atoms with Gasteiger partial charge in [-0.25, -0.2) is 18.6 Å². The van der Waals surface area contributed by atoms with E-state index in [-0.39, 0.29) is 43.1 Å². The van der Waals surface area contributed by atoms with Crippen LogP contribution in [0.15, 0.2) is 42.5 Å². The van der Waals surface area contributed by atoms with Gasteiger partial charge in [-0.2, -0.15) is 0 Å². The molecular weight excluding hydrogens is 494 g/mol. The predicted octanol–water partition coefficient (Wildman–Crippen LogP) is 4.61. The summed E-state index contributed by atoms with van der Waals surface area (Å²) in [6.45, 7) is 6.44. The number of piperidine rings is 1. The molecule has 206 valence electrons. The van der Waals surface area contributed by atoms with Gasteiger partial charge in [0.25, 0.3) is 17.7 Å². The third-order valence-corrected chi connectivity index (χ3v) is 6.49. The maximum absolute atomic E-state index is 14.8. The fourth-order valence-electron chi connectivity index (χ4n) is 4.35. The Bertz CT molecular complexity index is 1150. The third-order valence-electron chi connectivity index (χ3n) is 6.49. The van der Waals surface area contributed by atoms with Gasteiger partial charge in [0.15, 0.2) is 0 Å². The summed E-state index contributed by atoms with van der Waals surface area (Å²) in [6, 6.07) is 12.6. The fourth-order valence-corrected chi connectivity index (χ4v) is 4.35. The minimum absolute atomic E-state index is 0.0206. The van der Waals surface area contributed by atoms with E-state index in [1.807, 2.05) is 37.3 Å². The zero-order chi connectivity index (χ0) is 28.1. The molecule has 0 aliphatic carbocycles. The quantitative estimate of drug-likeness (QED) is 0.545. The number of halogens is 2. The number of carbonyl (C=O) groups excluding carboxylic acids is 3. The van der Waals surface area contributed by atoms with Gasteiger partial charge in [-0.05, 0) is 51.3 Å². The molecule has 1 saturated heterocycles. The number of alkyl halides is 2. The molecule has 8 nitrogen and oxygen atoms in total. The smallest absolute Gasteiger partial charge is 0.410 e. The molecule has 38 heavy (non-hydrogen) atoms. The summed E-state index contributed by atoms with van der Waals surface area (Å²) >= 11 is 0. The molecule has 2 atom stereocenters. The van der Waals surface area contributed by atoms with Gasteiger partial charge in [0.2, 0.25) is 0 Å². The van der Waals surface area contributed by atoms with Crippen LogP contribution in [0.3, 0.4) is 0 Å². The second-order valence-electron chi connectivity index (χ2n) is 10.6. The lowest BCUT2D eigenvalue weighted by atomic mass is 9.90. The maximum Gasteiger partial charge on any atom is 0.410 e. The van der Waals surface area contributed by atoms with Gasteiger partial charge < -0.3 is 20.3 Å². The van der Waals surface area contributed by atoms with Gasteiger partial charge in [-0.1, -0.05) is 37.3 Å². The van der Waals surface area contributed by atoms with E-state index in [1.165, 1.54) is 13.1 Å². The van der Waals surface area contributed by atoms with Crippen LogP contribution in [0.4, 0.5) is 13.6 Å². The van der Waals surface area contributed by atoms with Gasteiger partial charge in [0.1, 0.15) is 11.3 Å². The molecule has 3 amide bonds. The van der Waals surface area contributed by atoms with Crippen molar-refractivity contribution in [3.63, 3.8) is 0 Å². The highest BCUT2D eigenvalue weighted by Gasteiger charge is 2.46. The molecular formula is C28H36F2N4O4. The first-order valence-corrected chi connectivity index (χ1v) is 12.7. The van der Waals surface area contributed by atoms with Crippen LogP contribution in [-0.4, -0.2) is 66.0 Å². The highest BCUT2D eigenvalue weighted by Crippen LogP contribution is 2.35. The largest absolute Gasteiger partial charge is 0.444 e. The first kappa shape index (κ1) is 29.0. The van der Waals surface area contributed by atoms with Gasteiger partial charge in [0, 0.05) is 43.2 Å². The first-order chi connectivity index (χ1) is 17.8. The van der Waals surface area contributed by atoms with Crippen molar-refractivity contribution in [3.8, 4) is 0 Å². The van der Waals surface area contributed by atoms with E-state index < -0.39 is 41.9 Å². The van der Waals surface area contributed by atoms with Crippen molar-refractivity contribution >= 4 is 17.9 Å². The van der Waals surface area contributed by atoms with Crippen molar-refractivity contribution < 1.29 is 27.9 Å². The number of carbonyl (C=O) groups is 3. The molecule has 0 spiro atoms. The van der Waals surface area contributed by atoms with Gasteiger partial charge in [-0.15, -0.1) is 0 Å². The number of aromatic nitrogens is 1. The molecule has 2 aromatic rings. The SMILES string of the molecule is CNC(=O)c1cc(C(=O)NCC[C@H]2CCN(C(=O)OC(C)(C)C)CC2(F)F)cc(C(C)c2ccccc2)n1. The predicted molar refractivity (Wildman–Crippen MR) is 139 cm³/mol. The third kappa shape index (κ3) is 7.49. The summed E-state index contributed by atoms with van der Waals surface area (Å²) in [6.07, 6.45) is -0.618. The number of hydrogen-bond donors (Lipinski definition) is 2. The van der Waals surface area contributed by atoms with E-state index in [0.717, 1.165) is 10.5 Å². The van der Waals surface area contributed by atoms with Crippen molar-refractivity contribution in [2.45, 2.75) is 58.0 Å². The second kappa shape index (κ2) is 11.9. The van der Waals surface area contributed by atoms with E-state index in [2.05, 4.69) is 15.6 Å². The molecule has 1 aromatic carbocycles. The Morgan fingerprint density at radius 1 is 1.16 bits per heavy atom. The Hall–Kier alpha value is -3.56. The molecule has 1 aromatic heterocycles. The van der Waals surface area contributed by atoms with Gasteiger partial charge in [0.05, 0.1) is 6.54 Å². The number of amides is 3. The number of rotatable bonds is 7. The van der Waals surface area contributed by atoms with Crippen LogP contribution in [0.25, 0.3) is 0 Å². The molecule has 2 heterocycles. The monoisotopic (exact) mass is 530 g/mol. The molecule has 2 N–H and O–H groups in total. The fraction of sp³-hybridized carbons (Fsp3) is 0.500. The number of ether oxygens (including phenoxy) is 1. The second-order valence-corrected chi connectivity index (χ2v) is 10.6. The van der Waals surface area contributed by atoms with Gasteiger partial charge >= 0.3 is 6.09 Å². The number of hydrogen-bond acceptors (Lipinski definition) is 5. The Labute approximate surface area is 222 Å². The summed E-state index contributed by atoms with van der Waals surface area (Å²) in [4.78, 5) is 43.0. The summed E-state index contributed by atoms with van der Waals surface area (Å²) in [5.41, 5.74) is 1.07. The van der Waals surface area contributed by atoms with Gasteiger partial charge in [-0.3, -0.25) is 9.59 Å². The number of benzene rings is 1. The van der Waals surface area contributed by atoms with Crippen molar-refractivity contribution in [3.05, 3.63) is 65.0 Å². The zero-order valence-electron chi connectivity index (χ0n) is 22.5. The van der Waals surface area contributed by atoms with E-state index in [9.17, 15) is 23.2 Å². The minimum atomic E-state index is -3.11. The van der Waals surface area contributed by atoms with Crippen LogP contribution in [0.5, 0.6) is 0 Å². The number of nitrogens with zero attached hydrogens (tertiary/aromatic N) is 2. The van der Waals surface area contributed by atoms with E-state index in [4.69, 9.17) is 4.74 Å². The minimum Gasteiger partial charge on any atom is -0.444 e. The lowest BCUT2D eigenvalue weighted by Crippen LogP contribution is -2.52. The number of pyridine rings is 1. The summed E-state index contributed by atoms with van der Waals surface area (Å²) < 4.78 is 34.9. The standard InChI is InChI=1S/C28H36F2N4O4/c1-18(19-9-7-6-8-10-19)22-15-20(16-23(33-22)25(36)31-5)24(35)32-13-11-21-12-14-34(17-28(21,29)30)26(37)38-27(2,3)4/h6-10,15-16,18,21H,11-14,17H2,1-5H3,(H,31,36)(H,32,35)/t18?,21-/m0/s1. The van der Waals surface area contributed by atoms with Crippen LogP contribution in [0.1, 0.15) is 78.6 Å². The van der Waals surface area contributed by atoms with Crippen molar-refractivity contribution in [1.29, 1.82) is 0 Å². The molecule has 0 saturated carbocycles. The van der Waals surface area contributed by atoms with Crippen LogP contribution in [0, 0.1) is 5.92 Å². The lowest BCUT2D eigenvalue weighted by Gasteiger charge is -2.38. The number of nitrogens with one attached hydrogen (secondary N) is 2. The topological polar surface area (TPSA) is 101 Å². The van der Waals surface area contributed by atoms with E-state index in [0.29, 0.717) is 5.69 Å². The highest BCUT2D eigenvalue weighted by molar-refractivity contribution is 5.98. The molecule has 1 fully saturated rings. The zero-order valence-corrected chi connectivity index (χ0v) is 22.5. The normalized spacial score (nSPS) is 17.9. The molecule has 1 unspecified atom stereocenters. The highest BCUT2D eigenvalue weighted by atomic mass is 19.3. The molecule has 0 bridgehead atoms. The van der Waals surface area contributed by atoms with Crippen molar-refractivity contribution in [2.24, 2.45) is 5.92 Å². The maximum atomic E-state index is 14.8. The van der Waals surface area contributed by atoms with Crippen LogP contribution in [0.2, 0.25) is 0 Å². The Balaban J connectivity index is 1.66. The van der Waals surface area contributed by atoms with Crippen LogP contribution in [-0.2, 0) is 4.74 Å². The van der Waals surface area contributed by atoms with Crippen LogP contribution < -0.4 is 10.6 Å². The summed E-state index contributed by atoms with van der Waals surface area (Å²) in [7, 11) is 1.48. The average molecular weight is 531 g/mol. The molecule has 1 aliphatic rings. The molecule has 3 rings (SSSR count). The Morgan fingerprint density at radius 2 is 1.84 bits per heavy atom.